The molecule has 4 N–H and O–H groups in total. The van der Waals surface area contributed by atoms with Gasteiger partial charge in [0.15, 0.2) is 0 Å². The molecule has 8 heteroatoms. The van der Waals surface area contributed by atoms with Crippen LogP contribution in [0, 0.1) is 0 Å². The maximum Gasteiger partial charge on any atom is 0.290 e. The van der Waals surface area contributed by atoms with E-state index in [9.17, 15) is 0 Å². The molecular formula is C20H23BrClN3O2S. The Balaban J connectivity index is 0.000000706. The highest BCUT2D eigenvalue weighted by Gasteiger charge is 2.27. The summed E-state index contributed by atoms with van der Waals surface area (Å²) in [6.07, 6.45) is 12.3. The van der Waals surface area contributed by atoms with E-state index in [0.717, 1.165) is 39.8 Å². The van der Waals surface area contributed by atoms with E-state index >= 15 is 0 Å². The van der Waals surface area contributed by atoms with E-state index in [-0.39, 0.29) is 12.5 Å². The van der Waals surface area contributed by atoms with Crippen molar-refractivity contribution in [3.8, 4) is 0 Å². The molecule has 0 unspecified atom stereocenters. The van der Waals surface area contributed by atoms with Crippen LogP contribution in [0.5, 0.6) is 0 Å². The lowest BCUT2D eigenvalue weighted by Crippen LogP contribution is -2.29. The summed E-state index contributed by atoms with van der Waals surface area (Å²) in [6.45, 7) is 0.631. The molecule has 0 saturated heterocycles. The first-order valence-electron chi connectivity index (χ1n) is 9.23. The van der Waals surface area contributed by atoms with Crippen molar-refractivity contribution in [3.05, 3.63) is 44.4 Å². The fourth-order valence-corrected chi connectivity index (χ4v) is 6.10. The largest absolute Gasteiger partial charge is 0.483 e. The molecule has 0 saturated carbocycles. The summed E-state index contributed by atoms with van der Waals surface area (Å²) in [6, 6.07) is 2.09. The zero-order valence-electron chi connectivity index (χ0n) is 15.3. The second-order valence-corrected chi connectivity index (χ2v) is 9.11. The van der Waals surface area contributed by atoms with Crippen LogP contribution in [0.4, 0.5) is 5.69 Å². The molecule has 28 heavy (non-hydrogen) atoms. The number of carboxylic acid groups (broad SMARTS) is 1. The summed E-state index contributed by atoms with van der Waals surface area (Å²) in [5.74, 6) is 0.336. The van der Waals surface area contributed by atoms with Gasteiger partial charge in [-0.2, -0.15) is 0 Å². The maximum absolute atomic E-state index is 8.36. The maximum atomic E-state index is 8.36. The third-order valence-electron chi connectivity index (χ3n) is 5.04. The Morgan fingerprint density at radius 2 is 2.18 bits per heavy atom. The van der Waals surface area contributed by atoms with Gasteiger partial charge in [0.1, 0.15) is 5.15 Å². The van der Waals surface area contributed by atoms with Gasteiger partial charge in [0.2, 0.25) is 0 Å². The van der Waals surface area contributed by atoms with Gasteiger partial charge in [-0.25, -0.2) is 4.98 Å². The SMILES string of the molecule is N[C@@H]1CC=CC[C@H]1c1sc2c(NCC3=CCCC3)cc(Cl)nc2c1Br.O=CO. The van der Waals surface area contributed by atoms with E-state index in [2.05, 4.69) is 44.5 Å². The minimum absolute atomic E-state index is 0.157. The number of hydrogen-bond acceptors (Lipinski definition) is 5. The molecule has 0 bridgehead atoms. The molecular weight excluding hydrogens is 462 g/mol. The Kier molecular flexibility index (Phi) is 7.51. The summed E-state index contributed by atoms with van der Waals surface area (Å²) < 4.78 is 2.21. The Hall–Kier alpha value is -1.41. The number of nitrogens with zero attached hydrogens (tertiary/aromatic N) is 1. The van der Waals surface area contributed by atoms with Crippen molar-refractivity contribution in [1.29, 1.82) is 0 Å². The van der Waals surface area contributed by atoms with E-state index in [4.69, 9.17) is 27.2 Å². The first-order valence-corrected chi connectivity index (χ1v) is 11.2. The van der Waals surface area contributed by atoms with Crippen LogP contribution in [-0.2, 0) is 4.79 Å². The Morgan fingerprint density at radius 1 is 1.43 bits per heavy atom. The van der Waals surface area contributed by atoms with Crippen LogP contribution < -0.4 is 11.1 Å². The van der Waals surface area contributed by atoms with E-state index in [1.807, 2.05) is 6.07 Å². The van der Waals surface area contributed by atoms with Crippen molar-refractivity contribution in [2.75, 3.05) is 11.9 Å². The first-order chi connectivity index (χ1) is 13.5. The molecule has 2 atom stereocenters. The predicted octanol–water partition coefficient (Wildman–Crippen LogP) is 5.70. The number of nitrogens with one attached hydrogen (secondary N) is 1. The Labute approximate surface area is 181 Å². The quantitative estimate of drug-likeness (QED) is 0.294. The highest BCUT2D eigenvalue weighted by molar-refractivity contribution is 9.10. The highest BCUT2D eigenvalue weighted by atomic mass is 79.9. The fourth-order valence-electron chi connectivity index (χ4n) is 3.64. The third kappa shape index (κ3) is 4.76. The Morgan fingerprint density at radius 3 is 2.86 bits per heavy atom. The standard InChI is InChI=1S/C19H21BrClN3S.CH2O2/c20-16-17-19(25-18(16)12-7-3-4-8-13(12)22)14(9-15(21)24-17)23-10-11-5-1-2-6-11;2-1-3/h3-5,9,12-13H,1-2,6-8,10,22H2,(H,23,24);1H,(H,2,3)/t12-,13-;/m1./s1. The average Bonchev–Trinajstić information content (AvgIpc) is 3.30. The molecule has 5 nitrogen and oxygen atoms in total. The van der Waals surface area contributed by atoms with Crippen molar-refractivity contribution < 1.29 is 9.90 Å². The molecule has 0 amide bonds. The summed E-state index contributed by atoms with van der Waals surface area (Å²) >= 11 is 11.9. The van der Waals surface area contributed by atoms with Gasteiger partial charge in [-0.15, -0.1) is 11.3 Å². The number of halogens is 2. The number of pyridine rings is 1. The first kappa shape index (κ1) is 21.3. The molecule has 150 valence electrons. The second kappa shape index (κ2) is 9.87. The normalized spacial score (nSPS) is 21.2. The van der Waals surface area contributed by atoms with E-state index in [1.165, 1.54) is 29.7 Å². The van der Waals surface area contributed by atoms with Gasteiger partial charge in [-0.3, -0.25) is 4.79 Å². The van der Waals surface area contributed by atoms with Crippen LogP contribution in [0.2, 0.25) is 5.15 Å². The molecule has 2 aliphatic rings. The van der Waals surface area contributed by atoms with Crippen LogP contribution in [0.15, 0.2) is 34.3 Å². The molecule has 0 spiro atoms. The van der Waals surface area contributed by atoms with Crippen molar-refractivity contribution in [2.24, 2.45) is 5.73 Å². The van der Waals surface area contributed by atoms with E-state index < -0.39 is 0 Å². The van der Waals surface area contributed by atoms with Gasteiger partial charge in [0.25, 0.3) is 6.47 Å². The number of nitrogens with two attached hydrogens (primary N) is 1. The number of fused-ring (bicyclic) bond motifs is 1. The summed E-state index contributed by atoms with van der Waals surface area (Å²) in [5, 5.41) is 11.0. The zero-order valence-corrected chi connectivity index (χ0v) is 18.5. The molecule has 0 aliphatic heterocycles. The monoisotopic (exact) mass is 483 g/mol. The summed E-state index contributed by atoms with van der Waals surface area (Å²) in [4.78, 5) is 14.2. The number of hydrogen-bond donors (Lipinski definition) is 3. The lowest BCUT2D eigenvalue weighted by atomic mass is 9.88. The molecule has 2 aromatic rings. The van der Waals surface area contributed by atoms with Gasteiger partial charge in [-0.05, 0) is 48.0 Å². The van der Waals surface area contributed by atoms with E-state index in [0.29, 0.717) is 11.1 Å². The summed E-state index contributed by atoms with van der Waals surface area (Å²) in [5.41, 5.74) is 9.87. The molecule has 0 aromatic carbocycles. The highest BCUT2D eigenvalue weighted by Crippen LogP contribution is 2.45. The summed E-state index contributed by atoms with van der Waals surface area (Å²) in [7, 11) is 0. The van der Waals surface area contributed by atoms with Gasteiger partial charge in [0, 0.05) is 29.4 Å². The molecule has 2 heterocycles. The van der Waals surface area contributed by atoms with Crippen molar-refractivity contribution in [3.63, 3.8) is 0 Å². The van der Waals surface area contributed by atoms with Gasteiger partial charge in [-0.1, -0.05) is 35.4 Å². The van der Waals surface area contributed by atoms with Crippen LogP contribution in [-0.4, -0.2) is 29.1 Å². The molecule has 2 aromatic heterocycles. The number of rotatable bonds is 4. The molecule has 4 rings (SSSR count). The lowest BCUT2D eigenvalue weighted by Gasteiger charge is -2.24. The topological polar surface area (TPSA) is 88.2 Å². The van der Waals surface area contributed by atoms with E-state index in [1.54, 1.807) is 11.3 Å². The minimum atomic E-state index is -0.250. The molecule has 0 fully saturated rings. The number of carbonyl (C=O) groups is 1. The van der Waals surface area contributed by atoms with Gasteiger partial charge < -0.3 is 16.2 Å². The number of aromatic nitrogens is 1. The number of anilines is 1. The smallest absolute Gasteiger partial charge is 0.290 e. The van der Waals surface area contributed by atoms with Gasteiger partial charge in [0.05, 0.1) is 20.4 Å². The molecule has 0 radical (unpaired) electrons. The molecule has 2 aliphatic carbocycles. The van der Waals surface area contributed by atoms with Crippen LogP contribution in [0.25, 0.3) is 10.2 Å². The predicted molar refractivity (Wildman–Crippen MR) is 121 cm³/mol. The minimum Gasteiger partial charge on any atom is -0.483 e. The zero-order chi connectivity index (χ0) is 20.1. The second-order valence-electron chi connectivity index (χ2n) is 6.88. The Bertz CT molecular complexity index is 912. The van der Waals surface area contributed by atoms with Crippen molar-refractivity contribution >= 4 is 61.2 Å². The number of allylic oxidation sites excluding steroid dienone is 2. The lowest BCUT2D eigenvalue weighted by molar-refractivity contribution is -0.122. The average molecular weight is 485 g/mol. The third-order valence-corrected chi connectivity index (χ3v) is 7.64. The van der Waals surface area contributed by atoms with Gasteiger partial charge >= 0.3 is 0 Å². The number of thiophene rings is 1. The van der Waals surface area contributed by atoms with Crippen LogP contribution in [0.3, 0.4) is 0 Å². The van der Waals surface area contributed by atoms with Crippen molar-refractivity contribution in [1.82, 2.24) is 4.98 Å². The fraction of sp³-hybridized carbons (Fsp3) is 0.400. The van der Waals surface area contributed by atoms with Crippen molar-refractivity contribution in [2.45, 2.75) is 44.1 Å². The van der Waals surface area contributed by atoms with Crippen LogP contribution in [0.1, 0.15) is 42.9 Å². The van der Waals surface area contributed by atoms with Crippen LogP contribution >= 0.6 is 38.9 Å².